The Labute approximate surface area is 117 Å². The molecule has 0 heterocycles. The summed E-state index contributed by atoms with van der Waals surface area (Å²) in [5.41, 5.74) is 5.44. The van der Waals surface area contributed by atoms with Gasteiger partial charge in [0.25, 0.3) is 5.91 Å². The van der Waals surface area contributed by atoms with Gasteiger partial charge in [0.15, 0.2) is 6.61 Å². The molecule has 2 amide bonds. The third-order valence-electron chi connectivity index (χ3n) is 2.35. The van der Waals surface area contributed by atoms with Gasteiger partial charge in [0, 0.05) is 10.9 Å². The van der Waals surface area contributed by atoms with Gasteiger partial charge in [-0.3, -0.25) is 20.4 Å². The Kier molecular flexibility index (Phi) is 5.63. The van der Waals surface area contributed by atoms with Crippen molar-refractivity contribution in [1.82, 2.24) is 10.9 Å². The van der Waals surface area contributed by atoms with Gasteiger partial charge in [0.2, 0.25) is 5.91 Å². The summed E-state index contributed by atoms with van der Waals surface area (Å²) in [6.07, 6.45) is 0. The van der Waals surface area contributed by atoms with Gasteiger partial charge in [0.1, 0.15) is 5.75 Å². The molecule has 0 aromatic heterocycles. The minimum Gasteiger partial charge on any atom is -0.484 e. The normalized spacial score (nSPS) is 10.2. The number of halogens is 1. The van der Waals surface area contributed by atoms with E-state index in [4.69, 9.17) is 16.3 Å². The van der Waals surface area contributed by atoms with Crippen molar-refractivity contribution in [1.29, 1.82) is 0 Å². The van der Waals surface area contributed by atoms with Crippen LogP contribution in [-0.2, 0) is 9.59 Å². The number of hydrazine groups is 1. The van der Waals surface area contributed by atoms with Crippen LogP contribution in [0.3, 0.4) is 0 Å². The first-order valence-corrected chi connectivity index (χ1v) is 6.25. The lowest BCUT2D eigenvalue weighted by Gasteiger charge is -2.10. The standard InChI is InChI=1S/C13H17ClN2O3/c1-8(2)13(18)16-15-12(17)7-19-10-4-5-11(14)9(3)6-10/h4-6,8H,7H2,1-3H3,(H,15,17)(H,16,18). The zero-order valence-corrected chi connectivity index (χ0v) is 11.9. The predicted octanol–water partition coefficient (Wildman–Crippen LogP) is 1.83. The van der Waals surface area contributed by atoms with Crippen LogP contribution in [0.4, 0.5) is 0 Å². The van der Waals surface area contributed by atoms with Crippen molar-refractivity contribution in [3.05, 3.63) is 28.8 Å². The van der Waals surface area contributed by atoms with Crippen molar-refractivity contribution in [2.75, 3.05) is 6.61 Å². The maximum Gasteiger partial charge on any atom is 0.276 e. The summed E-state index contributed by atoms with van der Waals surface area (Å²) in [6.45, 7) is 5.13. The van der Waals surface area contributed by atoms with Crippen LogP contribution in [0.1, 0.15) is 19.4 Å². The molecule has 0 radical (unpaired) electrons. The van der Waals surface area contributed by atoms with Gasteiger partial charge in [-0.2, -0.15) is 0 Å². The molecule has 1 rings (SSSR count). The van der Waals surface area contributed by atoms with Crippen molar-refractivity contribution >= 4 is 23.4 Å². The van der Waals surface area contributed by atoms with E-state index in [1.54, 1.807) is 32.0 Å². The van der Waals surface area contributed by atoms with Gasteiger partial charge in [-0.25, -0.2) is 0 Å². The Hall–Kier alpha value is -1.75. The lowest BCUT2D eigenvalue weighted by Crippen LogP contribution is -2.45. The average molecular weight is 285 g/mol. The second-order valence-corrected chi connectivity index (χ2v) is 4.80. The molecule has 0 spiro atoms. The van der Waals surface area contributed by atoms with Crippen molar-refractivity contribution in [2.45, 2.75) is 20.8 Å². The van der Waals surface area contributed by atoms with Crippen molar-refractivity contribution in [3.63, 3.8) is 0 Å². The molecule has 0 aliphatic rings. The highest BCUT2D eigenvalue weighted by Gasteiger charge is 2.08. The van der Waals surface area contributed by atoms with Crippen LogP contribution in [0.15, 0.2) is 18.2 Å². The zero-order valence-electron chi connectivity index (χ0n) is 11.1. The van der Waals surface area contributed by atoms with Gasteiger partial charge in [0.05, 0.1) is 0 Å². The van der Waals surface area contributed by atoms with E-state index in [1.807, 2.05) is 6.92 Å². The fourth-order valence-corrected chi connectivity index (χ4v) is 1.29. The highest BCUT2D eigenvalue weighted by atomic mass is 35.5. The second kappa shape index (κ2) is 6.99. The molecule has 0 saturated heterocycles. The Morgan fingerprint density at radius 3 is 2.58 bits per heavy atom. The van der Waals surface area contributed by atoms with Crippen LogP contribution in [-0.4, -0.2) is 18.4 Å². The number of ether oxygens (including phenoxy) is 1. The molecule has 0 aliphatic carbocycles. The Bertz CT molecular complexity index is 475. The highest BCUT2D eigenvalue weighted by Crippen LogP contribution is 2.20. The minimum atomic E-state index is -0.429. The summed E-state index contributed by atoms with van der Waals surface area (Å²) in [5, 5.41) is 0.640. The van der Waals surface area contributed by atoms with E-state index in [2.05, 4.69) is 10.9 Å². The number of benzene rings is 1. The number of hydrogen-bond donors (Lipinski definition) is 2. The van der Waals surface area contributed by atoms with E-state index in [-0.39, 0.29) is 18.4 Å². The van der Waals surface area contributed by atoms with E-state index in [1.165, 1.54) is 0 Å². The van der Waals surface area contributed by atoms with Gasteiger partial charge >= 0.3 is 0 Å². The molecular formula is C13H17ClN2O3. The van der Waals surface area contributed by atoms with Crippen LogP contribution in [0.25, 0.3) is 0 Å². The molecule has 0 saturated carbocycles. The molecule has 0 atom stereocenters. The van der Waals surface area contributed by atoms with E-state index < -0.39 is 5.91 Å². The minimum absolute atomic E-state index is 0.181. The summed E-state index contributed by atoms with van der Waals surface area (Å²) in [6, 6.07) is 5.11. The van der Waals surface area contributed by atoms with E-state index in [0.29, 0.717) is 10.8 Å². The summed E-state index contributed by atoms with van der Waals surface area (Å²) >= 11 is 5.88. The fourth-order valence-electron chi connectivity index (χ4n) is 1.17. The van der Waals surface area contributed by atoms with Crippen molar-refractivity contribution in [2.24, 2.45) is 5.92 Å². The van der Waals surface area contributed by atoms with Crippen LogP contribution in [0, 0.1) is 12.8 Å². The van der Waals surface area contributed by atoms with Crippen molar-refractivity contribution < 1.29 is 14.3 Å². The van der Waals surface area contributed by atoms with Crippen molar-refractivity contribution in [3.8, 4) is 5.75 Å². The molecular weight excluding hydrogens is 268 g/mol. The number of rotatable bonds is 4. The van der Waals surface area contributed by atoms with Crippen LogP contribution in [0.2, 0.25) is 5.02 Å². The molecule has 1 aromatic rings. The molecule has 6 heteroatoms. The summed E-state index contributed by atoms with van der Waals surface area (Å²) in [5.74, 6) is -0.329. The number of carbonyl (C=O) groups excluding carboxylic acids is 2. The molecule has 19 heavy (non-hydrogen) atoms. The monoisotopic (exact) mass is 284 g/mol. The fraction of sp³-hybridized carbons (Fsp3) is 0.385. The Morgan fingerprint density at radius 1 is 1.32 bits per heavy atom. The van der Waals surface area contributed by atoms with Gasteiger partial charge in [-0.1, -0.05) is 25.4 Å². The molecule has 5 nitrogen and oxygen atoms in total. The van der Waals surface area contributed by atoms with E-state index in [9.17, 15) is 9.59 Å². The number of aryl methyl sites for hydroxylation is 1. The summed E-state index contributed by atoms with van der Waals surface area (Å²) in [7, 11) is 0. The maximum atomic E-state index is 11.4. The lowest BCUT2D eigenvalue weighted by molar-refractivity contribution is -0.131. The topological polar surface area (TPSA) is 67.4 Å². The second-order valence-electron chi connectivity index (χ2n) is 4.39. The molecule has 0 bridgehead atoms. The molecule has 0 fully saturated rings. The van der Waals surface area contributed by atoms with E-state index >= 15 is 0 Å². The molecule has 1 aromatic carbocycles. The SMILES string of the molecule is Cc1cc(OCC(=O)NNC(=O)C(C)C)ccc1Cl. The maximum absolute atomic E-state index is 11.4. The van der Waals surface area contributed by atoms with E-state index in [0.717, 1.165) is 5.56 Å². The molecule has 2 N–H and O–H groups in total. The summed E-state index contributed by atoms with van der Waals surface area (Å²) in [4.78, 5) is 22.6. The highest BCUT2D eigenvalue weighted by molar-refractivity contribution is 6.31. The van der Waals surface area contributed by atoms with Crippen LogP contribution in [0.5, 0.6) is 5.75 Å². The smallest absolute Gasteiger partial charge is 0.276 e. The third-order valence-corrected chi connectivity index (χ3v) is 2.77. The number of carbonyl (C=O) groups is 2. The molecule has 0 aliphatic heterocycles. The number of nitrogens with one attached hydrogen (secondary N) is 2. The Balaban J connectivity index is 2.38. The van der Waals surface area contributed by atoms with Crippen LogP contribution < -0.4 is 15.6 Å². The third kappa shape index (κ3) is 5.18. The lowest BCUT2D eigenvalue weighted by atomic mass is 10.2. The number of amides is 2. The molecule has 104 valence electrons. The average Bonchev–Trinajstić information content (AvgIpc) is 2.37. The first kappa shape index (κ1) is 15.3. The predicted molar refractivity (Wildman–Crippen MR) is 72.8 cm³/mol. The zero-order chi connectivity index (χ0) is 14.4. The Morgan fingerprint density at radius 2 is 2.00 bits per heavy atom. The van der Waals surface area contributed by atoms with Gasteiger partial charge in [-0.15, -0.1) is 0 Å². The first-order valence-electron chi connectivity index (χ1n) is 5.87. The van der Waals surface area contributed by atoms with Crippen LogP contribution >= 0.6 is 11.6 Å². The first-order chi connectivity index (χ1) is 8.90. The molecule has 0 unspecified atom stereocenters. The summed E-state index contributed by atoms with van der Waals surface area (Å²) < 4.78 is 5.27. The largest absolute Gasteiger partial charge is 0.484 e. The van der Waals surface area contributed by atoms with Gasteiger partial charge in [-0.05, 0) is 30.7 Å². The van der Waals surface area contributed by atoms with Gasteiger partial charge < -0.3 is 4.74 Å². The quantitative estimate of drug-likeness (QED) is 0.829. The number of hydrogen-bond acceptors (Lipinski definition) is 3.